The van der Waals surface area contributed by atoms with Gasteiger partial charge in [-0.25, -0.2) is 9.59 Å². The number of carbonyl (C=O) groups is 2. The first kappa shape index (κ1) is 23.6. The Balaban J connectivity index is 1.48. The van der Waals surface area contributed by atoms with Crippen molar-refractivity contribution in [2.45, 2.75) is 64.7 Å². The van der Waals surface area contributed by atoms with Crippen molar-refractivity contribution in [1.29, 1.82) is 0 Å². The van der Waals surface area contributed by atoms with Crippen molar-refractivity contribution >= 4 is 29.6 Å². The summed E-state index contributed by atoms with van der Waals surface area (Å²) in [5.41, 5.74) is -0.922. The molecular weight excluding hydrogens is 422 g/mol. The highest BCUT2D eigenvalue weighted by molar-refractivity contribution is 8.00. The van der Waals surface area contributed by atoms with Gasteiger partial charge in [-0.15, -0.1) is 11.8 Å². The van der Waals surface area contributed by atoms with Gasteiger partial charge in [0, 0.05) is 18.9 Å². The molecule has 172 valence electrons. The van der Waals surface area contributed by atoms with E-state index in [-0.39, 0.29) is 24.4 Å². The van der Waals surface area contributed by atoms with Crippen molar-refractivity contribution in [3.05, 3.63) is 22.7 Å². The first-order chi connectivity index (χ1) is 14.7. The Labute approximate surface area is 186 Å². The van der Waals surface area contributed by atoms with Crippen LogP contribution in [0.4, 0.5) is 10.6 Å². The van der Waals surface area contributed by atoms with E-state index in [2.05, 4.69) is 31.1 Å². The van der Waals surface area contributed by atoms with Crippen molar-refractivity contribution in [2.24, 2.45) is 17.8 Å². The Morgan fingerprint density at radius 1 is 1.39 bits per heavy atom. The number of rotatable bonds is 6. The number of thioether (sulfide) groups is 1. The molecule has 1 aromatic rings. The van der Waals surface area contributed by atoms with E-state index < -0.39 is 23.5 Å². The zero-order chi connectivity index (χ0) is 22.5. The molecule has 2 aliphatic rings. The molecule has 31 heavy (non-hydrogen) atoms. The minimum absolute atomic E-state index is 0.0424. The smallest absolute Gasteiger partial charge is 0.431 e. The van der Waals surface area contributed by atoms with Gasteiger partial charge in [-0.1, -0.05) is 27.2 Å². The molecule has 9 nitrogen and oxygen atoms in total. The van der Waals surface area contributed by atoms with E-state index in [9.17, 15) is 14.4 Å². The van der Waals surface area contributed by atoms with Crippen molar-refractivity contribution in [3.8, 4) is 0 Å². The van der Waals surface area contributed by atoms with Gasteiger partial charge in [0.2, 0.25) is 5.91 Å². The van der Waals surface area contributed by atoms with Crippen LogP contribution in [0.15, 0.2) is 17.1 Å². The first-order valence-corrected chi connectivity index (χ1v) is 11.7. The number of nitrogens with one attached hydrogen (secondary N) is 1. The van der Waals surface area contributed by atoms with E-state index in [0.717, 1.165) is 19.3 Å². The quantitative estimate of drug-likeness (QED) is 0.653. The summed E-state index contributed by atoms with van der Waals surface area (Å²) in [6.45, 7) is 7.88. The van der Waals surface area contributed by atoms with Crippen LogP contribution < -0.4 is 11.0 Å². The van der Waals surface area contributed by atoms with E-state index in [0.29, 0.717) is 23.5 Å². The molecule has 1 N–H and O–H groups in total. The highest BCUT2D eigenvalue weighted by Crippen LogP contribution is 2.36. The predicted octanol–water partition coefficient (Wildman–Crippen LogP) is 3.40. The Morgan fingerprint density at radius 2 is 2.16 bits per heavy atom. The van der Waals surface area contributed by atoms with Crippen molar-refractivity contribution in [3.63, 3.8) is 0 Å². The minimum Gasteiger partial charge on any atom is -0.431 e. The van der Waals surface area contributed by atoms with Crippen LogP contribution in [0.5, 0.6) is 0 Å². The van der Waals surface area contributed by atoms with E-state index in [1.807, 2.05) is 0 Å². The van der Waals surface area contributed by atoms with Crippen LogP contribution in [-0.4, -0.2) is 45.5 Å². The molecule has 0 unspecified atom stereocenters. The molecule has 10 heteroatoms. The lowest BCUT2D eigenvalue weighted by molar-refractivity contribution is -0.114. The van der Waals surface area contributed by atoms with Crippen LogP contribution in [0, 0.1) is 17.8 Å². The van der Waals surface area contributed by atoms with Crippen LogP contribution >= 0.6 is 11.8 Å². The first-order valence-electron chi connectivity index (χ1n) is 10.7. The monoisotopic (exact) mass is 453 g/mol. The SMILES string of the molecule is CC(=O)Nc1ccn([C@@H]2CS[C@H](COC(=O)O[C@H]3C[C@@H](C)CC[C@@H]3C(C)C)O2)c(=O)n1. The normalized spacial score (nSPS) is 28.4. The van der Waals surface area contributed by atoms with Gasteiger partial charge in [0.15, 0.2) is 0 Å². The second-order valence-electron chi connectivity index (χ2n) is 8.58. The van der Waals surface area contributed by atoms with Crippen molar-refractivity contribution < 1.29 is 23.8 Å². The minimum atomic E-state index is -0.670. The molecule has 5 atom stereocenters. The van der Waals surface area contributed by atoms with Gasteiger partial charge in [0.05, 0.1) is 0 Å². The molecule has 1 saturated carbocycles. The summed E-state index contributed by atoms with van der Waals surface area (Å²) in [6, 6.07) is 1.54. The lowest BCUT2D eigenvalue weighted by Crippen LogP contribution is -2.36. The van der Waals surface area contributed by atoms with Gasteiger partial charge in [-0.05, 0) is 36.7 Å². The number of carbonyl (C=O) groups excluding carboxylic acids is 2. The fourth-order valence-corrected chi connectivity index (χ4v) is 5.09. The number of ether oxygens (including phenoxy) is 3. The molecule has 1 aliphatic carbocycles. The van der Waals surface area contributed by atoms with Crippen molar-refractivity contribution in [1.82, 2.24) is 9.55 Å². The molecule has 1 aliphatic heterocycles. The average molecular weight is 454 g/mol. The maximum absolute atomic E-state index is 12.3. The van der Waals surface area contributed by atoms with Gasteiger partial charge >= 0.3 is 11.8 Å². The van der Waals surface area contributed by atoms with Gasteiger partial charge in [0.1, 0.15) is 30.2 Å². The van der Waals surface area contributed by atoms with E-state index in [4.69, 9.17) is 14.2 Å². The predicted molar refractivity (Wildman–Crippen MR) is 117 cm³/mol. The van der Waals surface area contributed by atoms with Crippen LogP contribution in [0.1, 0.15) is 53.2 Å². The topological polar surface area (TPSA) is 109 Å². The van der Waals surface area contributed by atoms with E-state index in [1.165, 1.54) is 35.5 Å². The fraction of sp³-hybridized carbons (Fsp3) is 0.714. The van der Waals surface area contributed by atoms with Crippen molar-refractivity contribution in [2.75, 3.05) is 17.7 Å². The Bertz CT molecular complexity index is 845. The van der Waals surface area contributed by atoms with E-state index in [1.54, 1.807) is 0 Å². The molecule has 1 amide bonds. The van der Waals surface area contributed by atoms with Crippen LogP contribution in [0.3, 0.4) is 0 Å². The van der Waals surface area contributed by atoms with Gasteiger partial charge in [-0.2, -0.15) is 4.98 Å². The number of nitrogens with zero attached hydrogens (tertiary/aromatic N) is 2. The number of anilines is 1. The Morgan fingerprint density at radius 3 is 2.84 bits per heavy atom. The van der Waals surface area contributed by atoms with E-state index >= 15 is 0 Å². The summed E-state index contributed by atoms with van der Waals surface area (Å²) in [5.74, 6) is 1.74. The largest absolute Gasteiger partial charge is 0.508 e. The molecular formula is C21H31N3O6S. The lowest BCUT2D eigenvalue weighted by Gasteiger charge is -2.36. The summed E-state index contributed by atoms with van der Waals surface area (Å²) in [7, 11) is 0. The van der Waals surface area contributed by atoms with Gasteiger partial charge in [0.25, 0.3) is 0 Å². The molecule has 0 bridgehead atoms. The molecule has 0 aromatic carbocycles. The van der Waals surface area contributed by atoms with Crippen LogP contribution in [0.2, 0.25) is 0 Å². The highest BCUT2D eigenvalue weighted by Gasteiger charge is 2.34. The summed E-state index contributed by atoms with van der Waals surface area (Å²) in [5, 5.41) is 2.47. The zero-order valence-electron chi connectivity index (χ0n) is 18.4. The molecule has 2 heterocycles. The number of hydrogen-bond acceptors (Lipinski definition) is 8. The van der Waals surface area contributed by atoms with Crippen LogP contribution in [0.25, 0.3) is 0 Å². The summed E-state index contributed by atoms with van der Waals surface area (Å²) in [4.78, 5) is 39.4. The molecule has 2 fully saturated rings. The van der Waals surface area contributed by atoms with Crippen LogP contribution in [-0.2, 0) is 19.0 Å². The van der Waals surface area contributed by atoms with Gasteiger partial charge in [-0.3, -0.25) is 9.36 Å². The Hall–Kier alpha value is -2.07. The lowest BCUT2D eigenvalue weighted by atomic mass is 9.75. The molecule has 3 rings (SSSR count). The summed E-state index contributed by atoms with van der Waals surface area (Å²) in [6.07, 6.45) is 3.29. The molecule has 1 saturated heterocycles. The standard InChI is InChI=1S/C21H31N3O6S/c1-12(2)15-6-5-13(3)9-16(15)29-21(27)28-10-19-30-18(11-31-19)24-8-7-17(22-14(4)25)23-20(24)26/h7-8,12-13,15-16,18-19H,5-6,9-11H2,1-4H3,(H,22,23,25,26)/t13-,15+,16-,18-,19+/m0/s1. The third-order valence-corrected chi connectivity index (χ3v) is 6.82. The molecule has 0 radical (unpaired) electrons. The Kier molecular flexibility index (Phi) is 7.99. The molecule has 1 aromatic heterocycles. The number of hydrogen-bond donors (Lipinski definition) is 1. The zero-order valence-corrected chi connectivity index (χ0v) is 19.2. The summed E-state index contributed by atoms with van der Waals surface area (Å²) >= 11 is 1.45. The number of amides is 1. The molecule has 0 spiro atoms. The third-order valence-electron chi connectivity index (χ3n) is 5.72. The summed E-state index contributed by atoms with van der Waals surface area (Å²) < 4.78 is 18.1. The van der Waals surface area contributed by atoms with Gasteiger partial charge < -0.3 is 19.5 Å². The third kappa shape index (κ3) is 6.46. The second kappa shape index (κ2) is 10.5. The average Bonchev–Trinajstić information content (AvgIpc) is 3.14. The highest BCUT2D eigenvalue weighted by atomic mass is 32.2. The maximum Gasteiger partial charge on any atom is 0.508 e. The maximum atomic E-state index is 12.3. The number of aromatic nitrogens is 2. The second-order valence-corrected chi connectivity index (χ2v) is 9.77. The fourth-order valence-electron chi connectivity index (χ4n) is 4.10.